The highest BCUT2D eigenvalue weighted by Gasteiger charge is 1.96. The highest BCUT2D eigenvalue weighted by Crippen LogP contribution is 2.03. The molecule has 0 fully saturated rings. The maximum Gasteiger partial charge on any atom is 0.159 e. The van der Waals surface area contributed by atoms with E-state index in [4.69, 9.17) is 5.11 Å². The molecule has 2 heteroatoms. The van der Waals surface area contributed by atoms with Crippen molar-refractivity contribution in [3.63, 3.8) is 0 Å². The highest BCUT2D eigenvalue weighted by atomic mass is 16.2. The summed E-state index contributed by atoms with van der Waals surface area (Å²) in [6, 6.07) is 6.98. The first kappa shape index (κ1) is 9.50. The molecule has 0 saturated heterocycles. The fraction of sp³-hybridized carbons (Fsp3) is 0.182. The third-order valence-electron chi connectivity index (χ3n) is 1.60. The van der Waals surface area contributed by atoms with E-state index >= 15 is 0 Å². The zero-order chi connectivity index (χ0) is 9.68. The van der Waals surface area contributed by atoms with Gasteiger partial charge in [0.1, 0.15) is 6.61 Å². The lowest BCUT2D eigenvalue weighted by molar-refractivity contribution is 0.101. The Labute approximate surface area is 77.2 Å². The van der Waals surface area contributed by atoms with Crippen LogP contribution in [0.15, 0.2) is 24.3 Å². The number of Topliss-reactive ketones (excluding diaryl/α,β-unsaturated/α-hetero) is 1. The Morgan fingerprint density at radius 1 is 1.38 bits per heavy atom. The Hall–Kier alpha value is -1.59. The van der Waals surface area contributed by atoms with Crippen LogP contribution < -0.4 is 0 Å². The average molecular weight is 174 g/mol. The van der Waals surface area contributed by atoms with Crippen molar-refractivity contribution < 1.29 is 9.90 Å². The smallest absolute Gasteiger partial charge is 0.159 e. The molecule has 0 heterocycles. The van der Waals surface area contributed by atoms with Crippen LogP contribution in [0.25, 0.3) is 0 Å². The second-order valence-electron chi connectivity index (χ2n) is 2.59. The summed E-state index contributed by atoms with van der Waals surface area (Å²) < 4.78 is 0. The lowest BCUT2D eigenvalue weighted by atomic mass is 10.1. The summed E-state index contributed by atoms with van der Waals surface area (Å²) in [6.07, 6.45) is 0. The first-order valence-corrected chi connectivity index (χ1v) is 3.95. The van der Waals surface area contributed by atoms with Crippen LogP contribution in [0.2, 0.25) is 0 Å². The van der Waals surface area contributed by atoms with Gasteiger partial charge in [0.05, 0.1) is 0 Å². The summed E-state index contributed by atoms with van der Waals surface area (Å²) in [5, 5.41) is 8.44. The number of aliphatic hydroxyl groups excluding tert-OH is 1. The third kappa shape index (κ3) is 2.73. The summed E-state index contributed by atoms with van der Waals surface area (Å²) in [6.45, 7) is 1.38. The molecule has 0 aliphatic rings. The molecule has 0 aliphatic heterocycles. The van der Waals surface area contributed by atoms with Crippen LogP contribution in [0.4, 0.5) is 0 Å². The van der Waals surface area contributed by atoms with Crippen molar-refractivity contribution >= 4 is 5.78 Å². The zero-order valence-electron chi connectivity index (χ0n) is 7.37. The van der Waals surface area contributed by atoms with Crippen LogP contribution in [0.3, 0.4) is 0 Å². The van der Waals surface area contributed by atoms with Gasteiger partial charge in [-0.2, -0.15) is 0 Å². The quantitative estimate of drug-likeness (QED) is 0.513. The van der Waals surface area contributed by atoms with Crippen molar-refractivity contribution in [1.29, 1.82) is 0 Å². The lowest BCUT2D eigenvalue weighted by Crippen LogP contribution is -1.90. The van der Waals surface area contributed by atoms with E-state index in [-0.39, 0.29) is 12.4 Å². The van der Waals surface area contributed by atoms with Crippen LogP contribution in [0.1, 0.15) is 22.8 Å². The van der Waals surface area contributed by atoms with Gasteiger partial charge < -0.3 is 5.11 Å². The fourth-order valence-electron chi connectivity index (χ4n) is 0.930. The van der Waals surface area contributed by atoms with Gasteiger partial charge >= 0.3 is 0 Å². The van der Waals surface area contributed by atoms with Gasteiger partial charge in [0.2, 0.25) is 0 Å². The van der Waals surface area contributed by atoms with Gasteiger partial charge in [-0.25, -0.2) is 0 Å². The largest absolute Gasteiger partial charge is 0.384 e. The van der Waals surface area contributed by atoms with Crippen molar-refractivity contribution in [1.82, 2.24) is 0 Å². The van der Waals surface area contributed by atoms with E-state index in [9.17, 15) is 4.79 Å². The van der Waals surface area contributed by atoms with Crippen LogP contribution >= 0.6 is 0 Å². The summed E-state index contributed by atoms with van der Waals surface area (Å²) in [5.74, 6) is 5.33. The van der Waals surface area contributed by atoms with E-state index in [1.165, 1.54) is 6.92 Å². The molecule has 0 atom stereocenters. The number of hydrogen-bond acceptors (Lipinski definition) is 2. The molecule has 2 nitrogen and oxygen atoms in total. The van der Waals surface area contributed by atoms with E-state index in [1.807, 2.05) is 0 Å². The Balaban J connectivity index is 2.87. The standard InChI is InChI=1S/C11H10O2/c1-9(13)11-6-4-10(5-7-11)3-2-8-12/h4-7,12H,8H2,1H3. The molecule has 0 aliphatic carbocycles. The van der Waals surface area contributed by atoms with Crippen LogP contribution in [-0.4, -0.2) is 17.5 Å². The van der Waals surface area contributed by atoms with E-state index in [2.05, 4.69) is 11.8 Å². The molecule has 66 valence electrons. The van der Waals surface area contributed by atoms with Crippen LogP contribution in [-0.2, 0) is 0 Å². The molecule has 1 rings (SSSR count). The maximum absolute atomic E-state index is 10.9. The maximum atomic E-state index is 10.9. The molecule has 1 aromatic carbocycles. The monoisotopic (exact) mass is 174 g/mol. The van der Waals surface area contributed by atoms with Gasteiger partial charge in [0.25, 0.3) is 0 Å². The molecule has 0 aromatic heterocycles. The predicted octanol–water partition coefficient (Wildman–Crippen LogP) is 1.23. The molecular weight excluding hydrogens is 164 g/mol. The molecular formula is C11H10O2. The van der Waals surface area contributed by atoms with Gasteiger partial charge in [-0.1, -0.05) is 24.0 Å². The summed E-state index contributed by atoms with van der Waals surface area (Å²) in [7, 11) is 0. The SMILES string of the molecule is CC(=O)c1ccc(C#CCO)cc1. The number of benzene rings is 1. The minimum absolute atomic E-state index is 0.0432. The molecule has 1 aromatic rings. The normalized spacial score (nSPS) is 8.77. The molecule has 13 heavy (non-hydrogen) atoms. The molecule has 0 unspecified atom stereocenters. The first-order chi connectivity index (χ1) is 6.24. The van der Waals surface area contributed by atoms with E-state index in [0.717, 1.165) is 5.56 Å². The molecule has 0 saturated carbocycles. The Kier molecular flexibility index (Phi) is 3.24. The number of aliphatic hydroxyl groups is 1. The van der Waals surface area contributed by atoms with Crippen molar-refractivity contribution in [2.24, 2.45) is 0 Å². The zero-order valence-corrected chi connectivity index (χ0v) is 7.37. The topological polar surface area (TPSA) is 37.3 Å². The molecule has 0 amide bonds. The third-order valence-corrected chi connectivity index (χ3v) is 1.60. The number of carbonyl (C=O) groups excluding carboxylic acids is 1. The number of hydrogen-bond donors (Lipinski definition) is 1. The Morgan fingerprint density at radius 3 is 2.46 bits per heavy atom. The van der Waals surface area contributed by atoms with Gasteiger partial charge in [-0.3, -0.25) is 4.79 Å². The number of rotatable bonds is 1. The van der Waals surface area contributed by atoms with Crippen LogP contribution in [0, 0.1) is 11.8 Å². The van der Waals surface area contributed by atoms with Crippen molar-refractivity contribution in [3.05, 3.63) is 35.4 Å². The Morgan fingerprint density at radius 2 is 2.00 bits per heavy atom. The van der Waals surface area contributed by atoms with Gasteiger partial charge in [-0.05, 0) is 19.1 Å². The second-order valence-corrected chi connectivity index (χ2v) is 2.59. The summed E-state index contributed by atoms with van der Waals surface area (Å²) in [4.78, 5) is 10.9. The van der Waals surface area contributed by atoms with E-state index in [0.29, 0.717) is 5.56 Å². The first-order valence-electron chi connectivity index (χ1n) is 3.95. The molecule has 0 spiro atoms. The minimum Gasteiger partial charge on any atom is -0.384 e. The van der Waals surface area contributed by atoms with Crippen molar-refractivity contribution in [3.8, 4) is 11.8 Å². The molecule has 0 bridgehead atoms. The fourth-order valence-corrected chi connectivity index (χ4v) is 0.930. The van der Waals surface area contributed by atoms with E-state index < -0.39 is 0 Å². The second kappa shape index (κ2) is 4.44. The number of ketones is 1. The molecule has 1 N–H and O–H groups in total. The van der Waals surface area contributed by atoms with Gasteiger partial charge in [-0.15, -0.1) is 0 Å². The predicted molar refractivity (Wildman–Crippen MR) is 50.4 cm³/mol. The molecule has 0 radical (unpaired) electrons. The average Bonchev–Trinajstić information content (AvgIpc) is 2.15. The van der Waals surface area contributed by atoms with Gasteiger partial charge in [0.15, 0.2) is 5.78 Å². The Bertz CT molecular complexity index is 352. The van der Waals surface area contributed by atoms with Crippen molar-refractivity contribution in [2.75, 3.05) is 6.61 Å². The summed E-state index contributed by atoms with van der Waals surface area (Å²) >= 11 is 0. The highest BCUT2D eigenvalue weighted by molar-refractivity contribution is 5.94. The minimum atomic E-state index is -0.144. The van der Waals surface area contributed by atoms with Gasteiger partial charge in [0, 0.05) is 11.1 Å². The van der Waals surface area contributed by atoms with Crippen molar-refractivity contribution in [2.45, 2.75) is 6.92 Å². The summed E-state index contributed by atoms with van der Waals surface area (Å²) in [5.41, 5.74) is 1.48. The van der Waals surface area contributed by atoms with Crippen LogP contribution in [0.5, 0.6) is 0 Å². The lowest BCUT2D eigenvalue weighted by Gasteiger charge is -1.94. The number of carbonyl (C=O) groups is 1. The van der Waals surface area contributed by atoms with E-state index in [1.54, 1.807) is 24.3 Å².